The van der Waals surface area contributed by atoms with Crippen molar-refractivity contribution in [1.82, 2.24) is 9.78 Å². The quantitative estimate of drug-likeness (QED) is 0.687. The molecule has 1 fully saturated rings. The van der Waals surface area contributed by atoms with Gasteiger partial charge in [0, 0.05) is 19.9 Å². The number of ketones is 1. The lowest BCUT2D eigenvalue weighted by atomic mass is 10.1. The highest BCUT2D eigenvalue weighted by atomic mass is 16.5. The molecule has 4 heteroatoms. The Kier molecular flexibility index (Phi) is 2.86. The fourth-order valence-corrected chi connectivity index (χ4v) is 1.70. The van der Waals surface area contributed by atoms with E-state index in [9.17, 15) is 4.79 Å². The molecule has 0 spiro atoms. The van der Waals surface area contributed by atoms with Gasteiger partial charge in [-0.15, -0.1) is 0 Å². The van der Waals surface area contributed by atoms with Crippen molar-refractivity contribution in [3.05, 3.63) is 18.0 Å². The third-order valence-electron chi connectivity index (χ3n) is 2.62. The second-order valence-corrected chi connectivity index (χ2v) is 3.95. The molecule has 4 nitrogen and oxygen atoms in total. The summed E-state index contributed by atoms with van der Waals surface area (Å²) in [6, 6.07) is 1.75. The molecular weight excluding hydrogens is 192 g/mol. The van der Waals surface area contributed by atoms with Crippen LogP contribution in [0.5, 0.6) is 0 Å². The minimum atomic E-state index is -0.273. The molecule has 0 radical (unpaired) electrons. The van der Waals surface area contributed by atoms with Crippen LogP contribution in [0, 0.1) is 5.92 Å². The third-order valence-corrected chi connectivity index (χ3v) is 2.62. The van der Waals surface area contributed by atoms with Gasteiger partial charge in [-0.3, -0.25) is 9.48 Å². The molecular formula is C11H16N2O2. The molecule has 0 saturated heterocycles. The number of nitrogens with zero attached hydrogens (tertiary/aromatic N) is 2. The van der Waals surface area contributed by atoms with Gasteiger partial charge in [0.2, 0.25) is 5.78 Å². The topological polar surface area (TPSA) is 44.1 Å². The second kappa shape index (κ2) is 4.14. The number of hydrogen-bond acceptors (Lipinski definition) is 3. The molecule has 1 unspecified atom stereocenters. The van der Waals surface area contributed by atoms with E-state index in [1.165, 1.54) is 0 Å². The van der Waals surface area contributed by atoms with Gasteiger partial charge in [0.25, 0.3) is 0 Å². The van der Waals surface area contributed by atoms with Crippen molar-refractivity contribution >= 4 is 5.78 Å². The van der Waals surface area contributed by atoms with Gasteiger partial charge in [0.15, 0.2) is 0 Å². The zero-order chi connectivity index (χ0) is 10.8. The Balaban J connectivity index is 2.10. The van der Waals surface area contributed by atoms with E-state index in [2.05, 4.69) is 5.10 Å². The molecule has 1 aliphatic rings. The van der Waals surface area contributed by atoms with Crippen LogP contribution >= 0.6 is 0 Å². The molecule has 2 rings (SSSR count). The fraction of sp³-hybridized carbons (Fsp3) is 0.636. The van der Waals surface area contributed by atoms with Gasteiger partial charge in [-0.05, 0) is 31.7 Å². The van der Waals surface area contributed by atoms with Crippen LogP contribution in [-0.2, 0) is 11.8 Å². The highest BCUT2D eigenvalue weighted by Gasteiger charge is 2.37. The van der Waals surface area contributed by atoms with E-state index in [0.29, 0.717) is 18.2 Å². The van der Waals surface area contributed by atoms with Crippen LogP contribution in [0.15, 0.2) is 12.3 Å². The highest BCUT2D eigenvalue weighted by molar-refractivity contribution is 5.98. The largest absolute Gasteiger partial charge is 0.370 e. The fourth-order valence-electron chi connectivity index (χ4n) is 1.70. The van der Waals surface area contributed by atoms with Crippen molar-refractivity contribution in [3.8, 4) is 0 Å². The van der Waals surface area contributed by atoms with Crippen molar-refractivity contribution in [2.75, 3.05) is 6.61 Å². The van der Waals surface area contributed by atoms with Gasteiger partial charge in [0.05, 0.1) is 0 Å². The first-order chi connectivity index (χ1) is 7.22. The first kappa shape index (κ1) is 10.4. The van der Waals surface area contributed by atoms with Crippen molar-refractivity contribution < 1.29 is 9.53 Å². The zero-order valence-corrected chi connectivity index (χ0v) is 9.14. The Morgan fingerprint density at radius 3 is 2.93 bits per heavy atom. The lowest BCUT2D eigenvalue weighted by Crippen LogP contribution is -2.27. The Morgan fingerprint density at radius 2 is 2.47 bits per heavy atom. The Hall–Kier alpha value is -1.16. The summed E-state index contributed by atoms with van der Waals surface area (Å²) >= 11 is 0. The molecule has 1 heterocycles. The number of hydrogen-bond donors (Lipinski definition) is 0. The molecule has 1 aromatic rings. The first-order valence-electron chi connectivity index (χ1n) is 5.38. The van der Waals surface area contributed by atoms with Crippen molar-refractivity contribution in [3.63, 3.8) is 0 Å². The van der Waals surface area contributed by atoms with Crippen molar-refractivity contribution in [2.45, 2.75) is 25.9 Å². The standard InChI is InChI=1S/C11H16N2O2/c1-3-15-11(8-4-5-8)10(14)9-6-7-13(2)12-9/h6-8,11H,3-5H2,1-2H3. The number of Topliss-reactive ketones (excluding diaryl/α,β-unsaturated/α-hetero) is 1. The monoisotopic (exact) mass is 208 g/mol. The van der Waals surface area contributed by atoms with Gasteiger partial charge in [-0.25, -0.2) is 0 Å². The summed E-state index contributed by atoms with van der Waals surface area (Å²) in [7, 11) is 1.81. The summed E-state index contributed by atoms with van der Waals surface area (Å²) in [5.41, 5.74) is 0.517. The lowest BCUT2D eigenvalue weighted by Gasteiger charge is -2.13. The molecule has 0 bridgehead atoms. The summed E-state index contributed by atoms with van der Waals surface area (Å²) in [5, 5.41) is 4.11. The summed E-state index contributed by atoms with van der Waals surface area (Å²) in [5.74, 6) is 0.444. The predicted octanol–water partition coefficient (Wildman–Crippen LogP) is 1.42. The average molecular weight is 208 g/mol. The molecule has 1 atom stereocenters. The minimum absolute atomic E-state index is 0.0277. The van der Waals surface area contributed by atoms with Crippen LogP contribution in [0.4, 0.5) is 0 Å². The molecule has 1 aromatic heterocycles. The normalized spacial score (nSPS) is 17.7. The number of rotatable bonds is 5. The molecule has 0 aliphatic heterocycles. The average Bonchev–Trinajstić information content (AvgIpc) is 2.96. The maximum atomic E-state index is 12.0. The van der Waals surface area contributed by atoms with E-state index in [-0.39, 0.29) is 11.9 Å². The van der Waals surface area contributed by atoms with E-state index >= 15 is 0 Å². The molecule has 82 valence electrons. The van der Waals surface area contributed by atoms with Crippen LogP contribution in [0.1, 0.15) is 30.3 Å². The Bertz CT molecular complexity index is 355. The summed E-state index contributed by atoms with van der Waals surface area (Å²) in [4.78, 5) is 12.0. The number of aryl methyl sites for hydroxylation is 1. The van der Waals surface area contributed by atoms with Crippen LogP contribution in [0.2, 0.25) is 0 Å². The molecule has 1 saturated carbocycles. The minimum Gasteiger partial charge on any atom is -0.370 e. The van der Waals surface area contributed by atoms with Crippen LogP contribution in [-0.4, -0.2) is 28.3 Å². The third kappa shape index (κ3) is 2.26. The maximum absolute atomic E-state index is 12.0. The Labute approximate surface area is 89.2 Å². The van der Waals surface area contributed by atoms with Crippen LogP contribution < -0.4 is 0 Å². The van der Waals surface area contributed by atoms with E-state index < -0.39 is 0 Å². The van der Waals surface area contributed by atoms with Gasteiger partial charge < -0.3 is 4.74 Å². The van der Waals surface area contributed by atoms with E-state index in [1.807, 2.05) is 14.0 Å². The zero-order valence-electron chi connectivity index (χ0n) is 9.14. The summed E-state index contributed by atoms with van der Waals surface area (Å²) < 4.78 is 7.13. The second-order valence-electron chi connectivity index (χ2n) is 3.95. The van der Waals surface area contributed by atoms with Crippen molar-refractivity contribution in [2.24, 2.45) is 13.0 Å². The summed E-state index contributed by atoms with van der Waals surface area (Å²) in [6.45, 7) is 2.50. The summed E-state index contributed by atoms with van der Waals surface area (Å²) in [6.07, 6.45) is 3.71. The van der Waals surface area contributed by atoms with Crippen LogP contribution in [0.25, 0.3) is 0 Å². The molecule has 15 heavy (non-hydrogen) atoms. The molecule has 1 aliphatic carbocycles. The SMILES string of the molecule is CCOC(C(=O)c1ccn(C)n1)C1CC1. The van der Waals surface area contributed by atoms with Gasteiger partial charge in [-0.1, -0.05) is 0 Å². The van der Waals surface area contributed by atoms with Gasteiger partial charge in [-0.2, -0.15) is 5.10 Å². The van der Waals surface area contributed by atoms with Gasteiger partial charge in [0.1, 0.15) is 11.8 Å². The van der Waals surface area contributed by atoms with Gasteiger partial charge >= 0.3 is 0 Å². The highest BCUT2D eigenvalue weighted by Crippen LogP contribution is 2.35. The molecule has 0 N–H and O–H groups in total. The van der Waals surface area contributed by atoms with E-state index in [0.717, 1.165) is 12.8 Å². The van der Waals surface area contributed by atoms with E-state index in [4.69, 9.17) is 4.74 Å². The Morgan fingerprint density at radius 1 is 1.73 bits per heavy atom. The predicted molar refractivity (Wildman–Crippen MR) is 55.7 cm³/mol. The smallest absolute Gasteiger partial charge is 0.211 e. The maximum Gasteiger partial charge on any atom is 0.211 e. The number of carbonyl (C=O) groups is 1. The molecule has 0 amide bonds. The molecule has 0 aromatic carbocycles. The number of aromatic nitrogens is 2. The first-order valence-corrected chi connectivity index (χ1v) is 5.38. The lowest BCUT2D eigenvalue weighted by molar-refractivity contribution is 0.0369. The van der Waals surface area contributed by atoms with E-state index in [1.54, 1.807) is 16.9 Å². The van der Waals surface area contributed by atoms with Crippen molar-refractivity contribution in [1.29, 1.82) is 0 Å². The van der Waals surface area contributed by atoms with Crippen LogP contribution in [0.3, 0.4) is 0 Å². The number of ether oxygens (including phenoxy) is 1. The number of carbonyl (C=O) groups excluding carboxylic acids is 1.